The molecule has 1 aliphatic rings. The Balaban J connectivity index is 2.08. The molecular weight excluding hydrogens is 204 g/mol. The van der Waals surface area contributed by atoms with Gasteiger partial charge in [0, 0.05) is 10.6 Å². The highest BCUT2D eigenvalue weighted by atomic mass is 32.1. The number of fused-ring (bicyclic) bond motifs is 2. The van der Waals surface area contributed by atoms with Gasteiger partial charge in [0.15, 0.2) is 0 Å². The Morgan fingerprint density at radius 3 is 3.07 bits per heavy atom. The van der Waals surface area contributed by atoms with Crippen molar-refractivity contribution in [3.05, 3.63) is 39.7 Å². The summed E-state index contributed by atoms with van der Waals surface area (Å²) in [6, 6.07) is 8.47. The van der Waals surface area contributed by atoms with Crippen LogP contribution in [0.1, 0.15) is 15.4 Å². The minimum Gasteiger partial charge on any atom is -0.339 e. The van der Waals surface area contributed by atoms with E-state index < -0.39 is 0 Å². The lowest BCUT2D eigenvalue weighted by Crippen LogP contribution is -1.92. The molecule has 2 nitrogen and oxygen atoms in total. The molecule has 2 aromatic rings. The van der Waals surface area contributed by atoms with Crippen LogP contribution in [0.15, 0.2) is 24.3 Å². The quantitative estimate of drug-likeness (QED) is 0.731. The molecule has 0 amide bonds. The van der Waals surface area contributed by atoms with E-state index in [9.17, 15) is 0 Å². The molecule has 3 heteroatoms. The zero-order valence-corrected chi connectivity index (χ0v) is 9.40. The number of nitrogens with zero attached hydrogens (tertiary/aromatic N) is 1. The molecule has 1 aromatic carbocycles. The van der Waals surface area contributed by atoms with E-state index in [4.69, 9.17) is 0 Å². The number of para-hydroxylation sites is 1. The number of benzene rings is 1. The summed E-state index contributed by atoms with van der Waals surface area (Å²) in [4.78, 5) is 5.90. The second kappa shape index (κ2) is 3.35. The van der Waals surface area contributed by atoms with E-state index in [1.165, 1.54) is 16.1 Å². The lowest BCUT2D eigenvalue weighted by molar-refractivity contribution is 0.995. The maximum Gasteiger partial charge on any atom is 0.144 e. The Kier molecular flexibility index (Phi) is 1.99. The molecule has 0 fully saturated rings. The first-order valence-electron chi connectivity index (χ1n) is 5.14. The van der Waals surface area contributed by atoms with Crippen molar-refractivity contribution in [1.82, 2.24) is 4.98 Å². The van der Waals surface area contributed by atoms with Gasteiger partial charge in [-0.3, -0.25) is 0 Å². The molecular formula is C12H12N2S. The van der Waals surface area contributed by atoms with Crippen molar-refractivity contribution >= 4 is 22.8 Å². The van der Waals surface area contributed by atoms with Gasteiger partial charge in [-0.05, 0) is 31.4 Å². The summed E-state index contributed by atoms with van der Waals surface area (Å²) >= 11 is 1.80. The minimum atomic E-state index is 1.06. The van der Waals surface area contributed by atoms with Gasteiger partial charge in [0.2, 0.25) is 0 Å². The van der Waals surface area contributed by atoms with Crippen LogP contribution in [0.5, 0.6) is 0 Å². The number of hydrogen-bond acceptors (Lipinski definition) is 3. The first-order valence-corrected chi connectivity index (χ1v) is 5.96. The molecule has 1 aromatic heterocycles. The predicted molar refractivity (Wildman–Crippen MR) is 64.0 cm³/mol. The fraction of sp³-hybridized carbons (Fsp3) is 0.250. The Hall–Kier alpha value is -1.35. The van der Waals surface area contributed by atoms with Gasteiger partial charge in [-0.25, -0.2) is 4.98 Å². The lowest BCUT2D eigenvalue weighted by atomic mass is 10.1. The van der Waals surface area contributed by atoms with Crippen LogP contribution in [0.25, 0.3) is 0 Å². The normalized spacial score (nSPS) is 13.7. The maximum atomic E-state index is 4.52. The van der Waals surface area contributed by atoms with Gasteiger partial charge in [0.25, 0.3) is 0 Å². The summed E-state index contributed by atoms with van der Waals surface area (Å²) in [5, 5.41) is 4.57. The number of aryl methyl sites for hydroxylation is 3. The van der Waals surface area contributed by atoms with Crippen LogP contribution in [-0.4, -0.2) is 4.98 Å². The molecule has 76 valence electrons. The lowest BCUT2D eigenvalue weighted by Gasteiger charge is -2.05. The van der Waals surface area contributed by atoms with E-state index in [-0.39, 0.29) is 0 Å². The summed E-state index contributed by atoms with van der Waals surface area (Å²) in [5.41, 5.74) is 2.60. The molecule has 2 heterocycles. The summed E-state index contributed by atoms with van der Waals surface area (Å²) in [6.45, 7) is 2.06. The second-order valence-electron chi connectivity index (χ2n) is 3.79. The van der Waals surface area contributed by atoms with Crippen LogP contribution in [0.2, 0.25) is 0 Å². The third-order valence-corrected chi connectivity index (χ3v) is 3.73. The zero-order chi connectivity index (χ0) is 10.3. The number of hydrogen-bond donors (Lipinski definition) is 1. The Labute approximate surface area is 93.0 Å². The van der Waals surface area contributed by atoms with Crippen molar-refractivity contribution in [1.29, 1.82) is 0 Å². The van der Waals surface area contributed by atoms with E-state index in [1.807, 2.05) is 0 Å². The van der Waals surface area contributed by atoms with Crippen molar-refractivity contribution in [2.45, 2.75) is 19.8 Å². The Morgan fingerprint density at radius 1 is 1.27 bits per heavy atom. The summed E-state index contributed by atoms with van der Waals surface area (Å²) in [5.74, 6) is 1.06. The van der Waals surface area contributed by atoms with E-state index >= 15 is 0 Å². The van der Waals surface area contributed by atoms with Crippen LogP contribution in [0.4, 0.5) is 11.5 Å². The maximum absolute atomic E-state index is 4.52. The fourth-order valence-corrected chi connectivity index (χ4v) is 2.86. The van der Waals surface area contributed by atoms with Crippen molar-refractivity contribution in [3.63, 3.8) is 0 Å². The van der Waals surface area contributed by atoms with Crippen LogP contribution < -0.4 is 5.32 Å². The van der Waals surface area contributed by atoms with E-state index in [0.29, 0.717) is 0 Å². The Morgan fingerprint density at radius 2 is 2.13 bits per heavy atom. The highest BCUT2D eigenvalue weighted by Crippen LogP contribution is 2.32. The van der Waals surface area contributed by atoms with Gasteiger partial charge in [-0.15, -0.1) is 11.3 Å². The summed E-state index contributed by atoms with van der Waals surface area (Å²) in [6.07, 6.45) is 2.21. The van der Waals surface area contributed by atoms with Crippen LogP contribution in [-0.2, 0) is 12.8 Å². The third-order valence-electron chi connectivity index (χ3n) is 2.70. The van der Waals surface area contributed by atoms with Crippen molar-refractivity contribution in [2.75, 3.05) is 5.32 Å². The largest absolute Gasteiger partial charge is 0.339 e. The van der Waals surface area contributed by atoms with Crippen molar-refractivity contribution in [2.24, 2.45) is 0 Å². The minimum absolute atomic E-state index is 1.06. The van der Waals surface area contributed by atoms with Gasteiger partial charge in [-0.1, -0.05) is 18.2 Å². The van der Waals surface area contributed by atoms with Crippen LogP contribution in [0, 0.1) is 6.92 Å². The van der Waals surface area contributed by atoms with Gasteiger partial charge in [0.1, 0.15) is 5.82 Å². The van der Waals surface area contributed by atoms with Crippen LogP contribution in [0.3, 0.4) is 0 Å². The molecule has 0 spiro atoms. The average molecular weight is 216 g/mol. The summed E-state index contributed by atoms with van der Waals surface area (Å²) in [7, 11) is 0. The highest BCUT2D eigenvalue weighted by molar-refractivity contribution is 7.12. The van der Waals surface area contributed by atoms with Crippen molar-refractivity contribution < 1.29 is 0 Å². The second-order valence-corrected chi connectivity index (χ2v) is 5.07. The molecule has 0 unspecified atom stereocenters. The number of nitrogens with one attached hydrogen (secondary N) is 1. The smallest absolute Gasteiger partial charge is 0.144 e. The first-order chi connectivity index (χ1) is 7.33. The predicted octanol–water partition coefficient (Wildman–Crippen LogP) is 3.29. The van der Waals surface area contributed by atoms with Crippen molar-refractivity contribution in [3.8, 4) is 0 Å². The monoisotopic (exact) mass is 216 g/mol. The highest BCUT2D eigenvalue weighted by Gasteiger charge is 2.15. The van der Waals surface area contributed by atoms with Gasteiger partial charge >= 0.3 is 0 Å². The zero-order valence-electron chi connectivity index (χ0n) is 8.58. The molecule has 0 aliphatic carbocycles. The standard InChI is InChI=1S/C12H12N2S/c1-8-13-12-11(15-8)7-6-9-4-2-3-5-10(9)14-12/h2-5,14H,6-7H2,1H3. The molecule has 0 saturated heterocycles. The molecule has 0 bridgehead atoms. The molecule has 3 rings (SSSR count). The molecule has 15 heavy (non-hydrogen) atoms. The molecule has 1 N–H and O–H groups in total. The molecule has 1 aliphatic heterocycles. The number of anilines is 2. The number of thiazole rings is 1. The van der Waals surface area contributed by atoms with Gasteiger partial charge < -0.3 is 5.32 Å². The van der Waals surface area contributed by atoms with E-state index in [0.717, 1.165) is 23.7 Å². The fourth-order valence-electron chi connectivity index (χ4n) is 1.97. The molecule has 0 saturated carbocycles. The average Bonchev–Trinajstić information content (AvgIpc) is 2.49. The third kappa shape index (κ3) is 1.53. The Bertz CT molecular complexity index is 502. The van der Waals surface area contributed by atoms with E-state index in [1.54, 1.807) is 11.3 Å². The topological polar surface area (TPSA) is 24.9 Å². The number of rotatable bonds is 0. The molecule has 0 radical (unpaired) electrons. The number of aromatic nitrogens is 1. The SMILES string of the molecule is Cc1nc2c(s1)CCc1ccccc1N2. The molecule has 0 atom stereocenters. The first kappa shape index (κ1) is 8.92. The van der Waals surface area contributed by atoms with Gasteiger partial charge in [0.05, 0.1) is 5.01 Å². The van der Waals surface area contributed by atoms with Crippen LogP contribution >= 0.6 is 11.3 Å². The van der Waals surface area contributed by atoms with Gasteiger partial charge in [-0.2, -0.15) is 0 Å². The summed E-state index contributed by atoms with van der Waals surface area (Å²) < 4.78 is 0. The van der Waals surface area contributed by atoms with E-state index in [2.05, 4.69) is 41.5 Å².